The molecular formula is C14H19ClFNO. The molecule has 0 unspecified atom stereocenters. The second-order valence-corrected chi connectivity index (χ2v) is 5.44. The van der Waals surface area contributed by atoms with Crippen molar-refractivity contribution in [2.45, 2.75) is 31.8 Å². The first-order chi connectivity index (χ1) is 8.54. The Balaban J connectivity index is 2.09. The number of benzene rings is 1. The summed E-state index contributed by atoms with van der Waals surface area (Å²) in [5.74, 6) is -0.325. The topological polar surface area (TPSA) is 23.5 Å². The lowest BCUT2D eigenvalue weighted by Crippen LogP contribution is -2.45. The molecule has 1 aliphatic heterocycles. The highest BCUT2D eigenvalue weighted by molar-refractivity contribution is 6.31. The molecule has 0 radical (unpaired) electrons. The first-order valence-corrected chi connectivity index (χ1v) is 6.79. The number of aliphatic hydroxyl groups is 1. The smallest absolute Gasteiger partial charge is 0.127 e. The lowest BCUT2D eigenvalue weighted by atomic mass is 9.85. The molecule has 0 saturated carbocycles. The van der Waals surface area contributed by atoms with Gasteiger partial charge in [-0.05, 0) is 31.5 Å². The summed E-state index contributed by atoms with van der Waals surface area (Å²) in [6, 6.07) is 4.65. The van der Waals surface area contributed by atoms with Gasteiger partial charge in [-0.3, -0.25) is 0 Å². The van der Waals surface area contributed by atoms with Crippen molar-refractivity contribution in [1.29, 1.82) is 0 Å². The first kappa shape index (κ1) is 13.8. The Morgan fingerprint density at radius 2 is 2.06 bits per heavy atom. The zero-order chi connectivity index (χ0) is 13.2. The third-order valence-corrected chi connectivity index (χ3v) is 4.16. The Labute approximate surface area is 112 Å². The molecule has 0 aliphatic carbocycles. The van der Waals surface area contributed by atoms with Gasteiger partial charge in [-0.25, -0.2) is 4.39 Å². The second kappa shape index (κ2) is 5.55. The van der Waals surface area contributed by atoms with Crippen molar-refractivity contribution in [3.63, 3.8) is 0 Å². The van der Waals surface area contributed by atoms with Gasteiger partial charge in [0.05, 0.1) is 5.60 Å². The van der Waals surface area contributed by atoms with Crippen molar-refractivity contribution in [2.75, 3.05) is 19.6 Å². The Morgan fingerprint density at radius 1 is 1.39 bits per heavy atom. The van der Waals surface area contributed by atoms with Crippen molar-refractivity contribution in [2.24, 2.45) is 0 Å². The van der Waals surface area contributed by atoms with Crippen molar-refractivity contribution < 1.29 is 9.50 Å². The molecule has 4 heteroatoms. The van der Waals surface area contributed by atoms with Gasteiger partial charge >= 0.3 is 0 Å². The van der Waals surface area contributed by atoms with Gasteiger partial charge in [-0.15, -0.1) is 0 Å². The van der Waals surface area contributed by atoms with E-state index in [-0.39, 0.29) is 5.82 Å². The summed E-state index contributed by atoms with van der Waals surface area (Å²) in [5, 5.41) is 10.9. The van der Waals surface area contributed by atoms with E-state index in [4.69, 9.17) is 11.6 Å². The molecule has 0 spiro atoms. The fraction of sp³-hybridized carbons (Fsp3) is 0.571. The number of halogens is 2. The molecule has 100 valence electrons. The summed E-state index contributed by atoms with van der Waals surface area (Å²) in [7, 11) is 0. The van der Waals surface area contributed by atoms with E-state index >= 15 is 0 Å². The number of nitrogens with zero attached hydrogens (tertiary/aromatic N) is 1. The van der Waals surface area contributed by atoms with E-state index in [0.29, 0.717) is 29.8 Å². The predicted molar refractivity (Wildman–Crippen MR) is 71.4 cm³/mol. The van der Waals surface area contributed by atoms with E-state index < -0.39 is 5.60 Å². The molecule has 0 atom stereocenters. The summed E-state index contributed by atoms with van der Waals surface area (Å²) in [6.07, 6.45) is 1.65. The average molecular weight is 272 g/mol. The molecule has 1 fully saturated rings. The molecule has 18 heavy (non-hydrogen) atoms. The number of hydrogen-bond donors (Lipinski definition) is 1. The van der Waals surface area contributed by atoms with Crippen LogP contribution in [0.4, 0.5) is 4.39 Å². The molecule has 1 aliphatic rings. The molecule has 1 aromatic rings. The summed E-state index contributed by atoms with van der Waals surface area (Å²) in [6.45, 7) is 4.83. The summed E-state index contributed by atoms with van der Waals surface area (Å²) >= 11 is 6.01. The Bertz CT molecular complexity index is 396. The van der Waals surface area contributed by atoms with E-state index in [2.05, 4.69) is 11.8 Å². The van der Waals surface area contributed by atoms with E-state index in [1.54, 1.807) is 12.1 Å². The maximum atomic E-state index is 13.7. The van der Waals surface area contributed by atoms with Gasteiger partial charge in [0.2, 0.25) is 0 Å². The maximum Gasteiger partial charge on any atom is 0.127 e. The molecule has 1 aromatic carbocycles. The molecule has 1 N–H and O–H groups in total. The van der Waals surface area contributed by atoms with Gasteiger partial charge in [0.15, 0.2) is 0 Å². The summed E-state index contributed by atoms with van der Waals surface area (Å²) in [4.78, 5) is 2.29. The van der Waals surface area contributed by atoms with Crippen LogP contribution in [0.5, 0.6) is 0 Å². The molecule has 2 rings (SSSR count). The first-order valence-electron chi connectivity index (χ1n) is 6.42. The Kier molecular flexibility index (Phi) is 4.25. The van der Waals surface area contributed by atoms with Gasteiger partial charge in [0.1, 0.15) is 5.82 Å². The van der Waals surface area contributed by atoms with Crippen molar-refractivity contribution in [3.8, 4) is 0 Å². The number of rotatable bonds is 3. The zero-order valence-electron chi connectivity index (χ0n) is 10.6. The third kappa shape index (κ3) is 3.02. The molecule has 1 saturated heterocycles. The van der Waals surface area contributed by atoms with E-state index in [9.17, 15) is 9.50 Å². The molecule has 0 bridgehead atoms. The van der Waals surface area contributed by atoms with E-state index in [1.807, 2.05) is 0 Å². The highest BCUT2D eigenvalue weighted by Crippen LogP contribution is 2.30. The van der Waals surface area contributed by atoms with Crippen LogP contribution in [0.25, 0.3) is 0 Å². The van der Waals surface area contributed by atoms with E-state index in [0.717, 1.165) is 19.6 Å². The average Bonchev–Trinajstić information content (AvgIpc) is 2.35. The molecule has 0 amide bonds. The number of likely N-dealkylation sites (tertiary alicyclic amines) is 1. The second-order valence-electron chi connectivity index (χ2n) is 5.04. The van der Waals surface area contributed by atoms with Crippen LogP contribution < -0.4 is 0 Å². The fourth-order valence-electron chi connectivity index (χ4n) is 2.49. The summed E-state index contributed by atoms with van der Waals surface area (Å²) < 4.78 is 13.7. The monoisotopic (exact) mass is 271 g/mol. The predicted octanol–water partition coefficient (Wildman–Crippen LogP) is 2.87. The van der Waals surface area contributed by atoms with Gasteiger partial charge in [0.25, 0.3) is 0 Å². The minimum atomic E-state index is -0.822. The van der Waals surface area contributed by atoms with Crippen molar-refractivity contribution >= 4 is 11.6 Å². The fourth-order valence-corrected chi connectivity index (χ4v) is 2.72. The minimum Gasteiger partial charge on any atom is -0.389 e. The van der Waals surface area contributed by atoms with Crippen LogP contribution in [0.1, 0.15) is 25.3 Å². The van der Waals surface area contributed by atoms with Crippen molar-refractivity contribution in [1.82, 2.24) is 4.90 Å². The van der Waals surface area contributed by atoms with Crippen LogP contribution in [0, 0.1) is 5.82 Å². The lowest BCUT2D eigenvalue weighted by molar-refractivity contribution is -0.0199. The SMILES string of the molecule is CCN1CCC(O)(Cc2c(F)cccc2Cl)CC1. The van der Waals surface area contributed by atoms with Gasteiger partial charge in [-0.1, -0.05) is 24.6 Å². The highest BCUT2D eigenvalue weighted by Gasteiger charge is 2.33. The van der Waals surface area contributed by atoms with Crippen LogP contribution in [0.15, 0.2) is 18.2 Å². The third-order valence-electron chi connectivity index (χ3n) is 3.80. The normalized spacial score (nSPS) is 20.0. The van der Waals surface area contributed by atoms with Crippen LogP contribution in [0.3, 0.4) is 0 Å². The Morgan fingerprint density at radius 3 is 2.61 bits per heavy atom. The van der Waals surface area contributed by atoms with E-state index in [1.165, 1.54) is 6.07 Å². The van der Waals surface area contributed by atoms with Gasteiger partial charge < -0.3 is 10.0 Å². The molecule has 2 nitrogen and oxygen atoms in total. The van der Waals surface area contributed by atoms with Gasteiger partial charge in [-0.2, -0.15) is 0 Å². The largest absolute Gasteiger partial charge is 0.389 e. The lowest BCUT2D eigenvalue weighted by Gasteiger charge is -2.38. The van der Waals surface area contributed by atoms with Crippen LogP contribution in [-0.2, 0) is 6.42 Å². The van der Waals surface area contributed by atoms with Crippen LogP contribution in [0.2, 0.25) is 5.02 Å². The molecule has 0 aromatic heterocycles. The standard InChI is InChI=1S/C14H19ClFNO/c1-2-17-8-6-14(18,7-9-17)10-11-12(15)4-3-5-13(11)16/h3-5,18H,2,6-10H2,1H3. The highest BCUT2D eigenvalue weighted by atomic mass is 35.5. The maximum absolute atomic E-state index is 13.7. The summed E-state index contributed by atoms with van der Waals surface area (Å²) in [5.41, 5.74) is -0.385. The molecular weight excluding hydrogens is 253 g/mol. The zero-order valence-corrected chi connectivity index (χ0v) is 11.4. The van der Waals surface area contributed by atoms with Crippen LogP contribution >= 0.6 is 11.6 Å². The number of piperidine rings is 1. The Hall–Kier alpha value is -0.640. The van der Waals surface area contributed by atoms with Crippen LogP contribution in [-0.4, -0.2) is 35.2 Å². The molecule has 1 heterocycles. The minimum absolute atomic E-state index is 0.302. The van der Waals surface area contributed by atoms with Gasteiger partial charge in [0, 0.05) is 30.1 Å². The quantitative estimate of drug-likeness (QED) is 0.914. The van der Waals surface area contributed by atoms with Crippen molar-refractivity contribution in [3.05, 3.63) is 34.6 Å². The number of hydrogen-bond acceptors (Lipinski definition) is 2.